The van der Waals surface area contributed by atoms with Crippen molar-refractivity contribution in [2.24, 2.45) is 0 Å². The van der Waals surface area contributed by atoms with Crippen molar-refractivity contribution in [1.82, 2.24) is 19.8 Å². The van der Waals surface area contributed by atoms with Crippen LogP contribution in [0.15, 0.2) is 78.1 Å². The highest BCUT2D eigenvalue weighted by atomic mass is 32.1. The molecule has 1 aliphatic carbocycles. The third-order valence-electron chi connectivity index (χ3n) is 6.52. The Morgan fingerprint density at radius 2 is 1.89 bits per heavy atom. The summed E-state index contributed by atoms with van der Waals surface area (Å²) in [5.41, 5.74) is 3.82. The first-order valence-corrected chi connectivity index (χ1v) is 13.1. The van der Waals surface area contributed by atoms with Gasteiger partial charge in [-0.3, -0.25) is 9.69 Å². The molecule has 0 unspecified atom stereocenters. The van der Waals surface area contributed by atoms with Gasteiger partial charge in [-0.2, -0.15) is 0 Å². The lowest BCUT2D eigenvalue weighted by Gasteiger charge is -2.34. The number of carbonyl (C=O) groups is 1. The Labute approximate surface area is 224 Å². The number of thiazole rings is 1. The minimum absolute atomic E-state index is 0.126. The standard InChI is InChI=1S/C28H28F2N6OS/c1-18-14-20(17-35-10-12-36(13-11-35)19(2)37)4-6-22(15-18)31-28-32-24-7-9-26(33-27(24)38-28)34(3)25-8-5-21(29)16-23(25)30/h4-9,14-16H,1,10-13,17H2,2-3H3,(H,31,32). The molecule has 1 fully saturated rings. The third kappa shape index (κ3) is 5.81. The van der Waals surface area contributed by atoms with Crippen LogP contribution in [0, 0.1) is 11.6 Å². The number of rotatable bonds is 6. The molecular weight excluding hydrogens is 506 g/mol. The third-order valence-corrected chi connectivity index (χ3v) is 7.40. The van der Waals surface area contributed by atoms with E-state index in [2.05, 4.69) is 38.9 Å². The number of hydrogen-bond donors (Lipinski definition) is 1. The molecule has 0 bridgehead atoms. The van der Waals surface area contributed by atoms with Crippen molar-refractivity contribution in [2.45, 2.75) is 6.92 Å². The zero-order chi connectivity index (χ0) is 26.8. The minimum Gasteiger partial charge on any atom is -0.340 e. The van der Waals surface area contributed by atoms with Crippen molar-refractivity contribution in [3.8, 4) is 0 Å². The lowest BCUT2D eigenvalue weighted by atomic mass is 10.1. The highest BCUT2D eigenvalue weighted by molar-refractivity contribution is 7.21. The fraction of sp³-hybridized carbons (Fsp3) is 0.250. The number of carbonyl (C=O) groups excluding carboxylic acids is 1. The Morgan fingerprint density at radius 3 is 2.63 bits per heavy atom. The van der Waals surface area contributed by atoms with Crippen LogP contribution in [0.5, 0.6) is 0 Å². The summed E-state index contributed by atoms with van der Waals surface area (Å²) in [6.07, 6.45) is 8.11. The van der Waals surface area contributed by atoms with Crippen LogP contribution in [0.4, 0.5) is 25.4 Å². The molecule has 0 atom stereocenters. The second-order valence-electron chi connectivity index (χ2n) is 9.30. The summed E-state index contributed by atoms with van der Waals surface area (Å²) < 4.78 is 27.6. The molecule has 1 aliphatic heterocycles. The molecule has 2 aliphatic rings. The number of aromatic nitrogens is 2. The Bertz CT molecular complexity index is 1490. The summed E-state index contributed by atoms with van der Waals surface area (Å²) in [6.45, 7) is 9.77. The molecular formula is C28H28F2N6OS. The topological polar surface area (TPSA) is 64.6 Å². The fourth-order valence-electron chi connectivity index (χ4n) is 4.48. The molecule has 0 saturated carbocycles. The van der Waals surface area contributed by atoms with E-state index in [0.29, 0.717) is 15.8 Å². The van der Waals surface area contributed by atoms with Crippen LogP contribution in [0.1, 0.15) is 6.92 Å². The molecule has 38 heavy (non-hydrogen) atoms. The summed E-state index contributed by atoms with van der Waals surface area (Å²) in [7, 11) is 1.69. The van der Waals surface area contributed by atoms with Gasteiger partial charge in [0, 0.05) is 58.5 Å². The van der Waals surface area contributed by atoms with E-state index < -0.39 is 11.6 Å². The SMILES string of the molecule is C=C1C=C(CN2CCN(C(C)=O)CC2)C=CC(Nc2nc3ccc(N(C)c4ccc(F)cc4F)nc3s2)=C1. The summed E-state index contributed by atoms with van der Waals surface area (Å²) in [5.74, 6) is -0.625. The van der Waals surface area contributed by atoms with Crippen LogP contribution < -0.4 is 10.2 Å². The van der Waals surface area contributed by atoms with Crippen molar-refractivity contribution >= 4 is 44.2 Å². The Balaban J connectivity index is 1.26. The number of halogens is 2. The fourth-order valence-corrected chi connectivity index (χ4v) is 5.33. The predicted molar refractivity (Wildman–Crippen MR) is 149 cm³/mol. The molecule has 7 nitrogen and oxygen atoms in total. The average molecular weight is 535 g/mol. The Hall–Kier alpha value is -3.89. The minimum atomic E-state index is -0.653. The van der Waals surface area contributed by atoms with Crippen LogP contribution >= 0.6 is 11.3 Å². The van der Waals surface area contributed by atoms with E-state index in [1.165, 1.54) is 23.5 Å². The zero-order valence-corrected chi connectivity index (χ0v) is 22.1. The van der Waals surface area contributed by atoms with E-state index in [4.69, 9.17) is 0 Å². The molecule has 10 heteroatoms. The van der Waals surface area contributed by atoms with Gasteiger partial charge in [-0.15, -0.1) is 0 Å². The van der Waals surface area contributed by atoms with Gasteiger partial charge in [0.2, 0.25) is 5.91 Å². The predicted octanol–water partition coefficient (Wildman–Crippen LogP) is 5.25. The van der Waals surface area contributed by atoms with Gasteiger partial charge in [0.1, 0.15) is 27.8 Å². The summed E-state index contributed by atoms with van der Waals surface area (Å²) >= 11 is 1.39. The maximum atomic E-state index is 14.3. The highest BCUT2D eigenvalue weighted by Gasteiger charge is 2.19. The molecule has 5 rings (SSSR count). The summed E-state index contributed by atoms with van der Waals surface area (Å²) in [6, 6.07) is 7.06. The first-order chi connectivity index (χ1) is 18.2. The van der Waals surface area contributed by atoms with Crippen molar-refractivity contribution < 1.29 is 13.6 Å². The molecule has 3 aromatic rings. The molecule has 1 saturated heterocycles. The normalized spacial score (nSPS) is 16.3. The first-order valence-electron chi connectivity index (χ1n) is 12.3. The summed E-state index contributed by atoms with van der Waals surface area (Å²) in [5, 5.41) is 4.03. The van der Waals surface area contributed by atoms with Crippen molar-refractivity contribution in [3.05, 3.63) is 89.7 Å². The number of hydrogen-bond acceptors (Lipinski definition) is 7. The van der Waals surface area contributed by atoms with Gasteiger partial charge in [0.25, 0.3) is 0 Å². The second-order valence-corrected chi connectivity index (χ2v) is 10.3. The highest BCUT2D eigenvalue weighted by Crippen LogP contribution is 2.31. The average Bonchev–Trinajstić information content (AvgIpc) is 3.19. The molecule has 0 radical (unpaired) electrons. The largest absolute Gasteiger partial charge is 0.340 e. The van der Waals surface area contributed by atoms with Gasteiger partial charge in [-0.05, 0) is 47.6 Å². The maximum absolute atomic E-state index is 14.3. The van der Waals surface area contributed by atoms with E-state index in [1.807, 2.05) is 23.1 Å². The van der Waals surface area contributed by atoms with Crippen LogP contribution in [-0.2, 0) is 4.79 Å². The molecule has 2 aromatic heterocycles. The van der Waals surface area contributed by atoms with Gasteiger partial charge >= 0.3 is 0 Å². The molecule has 1 N–H and O–H groups in total. The quantitative estimate of drug-likeness (QED) is 0.466. The van der Waals surface area contributed by atoms with E-state index in [0.717, 1.165) is 61.2 Å². The number of fused-ring (bicyclic) bond motifs is 1. The van der Waals surface area contributed by atoms with Crippen LogP contribution in [0.2, 0.25) is 0 Å². The van der Waals surface area contributed by atoms with E-state index >= 15 is 0 Å². The van der Waals surface area contributed by atoms with Crippen molar-refractivity contribution in [2.75, 3.05) is 50.0 Å². The molecule has 1 amide bonds. The van der Waals surface area contributed by atoms with Crippen LogP contribution in [-0.4, -0.2) is 65.4 Å². The van der Waals surface area contributed by atoms with Gasteiger partial charge in [0.05, 0.1) is 5.69 Å². The van der Waals surface area contributed by atoms with Crippen molar-refractivity contribution in [3.63, 3.8) is 0 Å². The zero-order valence-electron chi connectivity index (χ0n) is 21.2. The van der Waals surface area contributed by atoms with Crippen molar-refractivity contribution in [1.29, 1.82) is 0 Å². The Morgan fingerprint density at radius 1 is 1.11 bits per heavy atom. The van der Waals surface area contributed by atoms with Gasteiger partial charge in [0.15, 0.2) is 5.13 Å². The van der Waals surface area contributed by atoms with Gasteiger partial charge in [-0.25, -0.2) is 18.7 Å². The van der Waals surface area contributed by atoms with Crippen LogP contribution in [0.3, 0.4) is 0 Å². The number of benzene rings is 1. The van der Waals surface area contributed by atoms with Gasteiger partial charge in [-0.1, -0.05) is 30.1 Å². The number of anilines is 3. The molecule has 196 valence electrons. The lowest BCUT2D eigenvalue weighted by molar-refractivity contribution is -0.130. The summed E-state index contributed by atoms with van der Waals surface area (Å²) in [4.78, 5) is 27.4. The molecule has 3 heterocycles. The van der Waals surface area contributed by atoms with E-state index in [9.17, 15) is 13.6 Å². The number of allylic oxidation sites excluding steroid dienone is 4. The number of nitrogens with zero attached hydrogens (tertiary/aromatic N) is 5. The Kier molecular flexibility index (Phi) is 7.35. The van der Waals surface area contributed by atoms with E-state index in [1.54, 1.807) is 24.9 Å². The lowest BCUT2D eigenvalue weighted by Crippen LogP contribution is -2.48. The molecule has 1 aromatic carbocycles. The first kappa shape index (κ1) is 25.7. The smallest absolute Gasteiger partial charge is 0.219 e. The molecule has 0 spiro atoms. The van der Waals surface area contributed by atoms with Gasteiger partial charge < -0.3 is 15.1 Å². The number of amides is 1. The maximum Gasteiger partial charge on any atom is 0.219 e. The second kappa shape index (κ2) is 10.8. The van der Waals surface area contributed by atoms with E-state index in [-0.39, 0.29) is 11.6 Å². The number of pyridine rings is 1. The van der Waals surface area contributed by atoms with Crippen LogP contribution in [0.25, 0.3) is 10.3 Å². The monoisotopic (exact) mass is 534 g/mol. The number of nitrogens with one attached hydrogen (secondary N) is 1. The number of piperazine rings is 1.